The second-order valence-electron chi connectivity index (χ2n) is 6.44. The summed E-state index contributed by atoms with van der Waals surface area (Å²) in [5.74, 6) is 0.756. The molecule has 0 spiro atoms. The molecule has 2 nitrogen and oxygen atoms in total. The SMILES string of the molecule is CC(C)CC1CN(Cc2ccccc2Br)C(C)CCN1. The average molecular weight is 339 g/mol. The van der Waals surface area contributed by atoms with Gasteiger partial charge in [0.2, 0.25) is 0 Å². The summed E-state index contributed by atoms with van der Waals surface area (Å²) in [6.07, 6.45) is 2.50. The summed E-state index contributed by atoms with van der Waals surface area (Å²) in [6, 6.07) is 9.86. The molecule has 3 heteroatoms. The number of halogens is 1. The van der Waals surface area contributed by atoms with Gasteiger partial charge in [-0.15, -0.1) is 0 Å². The third-order valence-electron chi connectivity index (χ3n) is 4.16. The number of rotatable bonds is 4. The molecule has 0 aromatic heterocycles. The quantitative estimate of drug-likeness (QED) is 0.890. The van der Waals surface area contributed by atoms with Gasteiger partial charge in [-0.25, -0.2) is 0 Å². The average Bonchev–Trinajstić information content (AvgIpc) is 2.54. The molecule has 0 radical (unpaired) electrons. The van der Waals surface area contributed by atoms with E-state index in [9.17, 15) is 0 Å². The molecule has 1 aromatic rings. The third-order valence-corrected chi connectivity index (χ3v) is 4.93. The zero-order valence-electron chi connectivity index (χ0n) is 12.9. The Balaban J connectivity index is 2.05. The second-order valence-corrected chi connectivity index (χ2v) is 7.29. The molecule has 0 aliphatic carbocycles. The Hall–Kier alpha value is -0.380. The van der Waals surface area contributed by atoms with Crippen LogP contribution in [0.1, 0.15) is 39.2 Å². The minimum absolute atomic E-state index is 0.627. The second kappa shape index (κ2) is 7.58. The van der Waals surface area contributed by atoms with Gasteiger partial charge in [-0.2, -0.15) is 0 Å². The van der Waals surface area contributed by atoms with Crippen molar-refractivity contribution < 1.29 is 0 Å². The van der Waals surface area contributed by atoms with Gasteiger partial charge in [0.1, 0.15) is 0 Å². The molecule has 2 atom stereocenters. The summed E-state index contributed by atoms with van der Waals surface area (Å²) >= 11 is 3.68. The van der Waals surface area contributed by atoms with E-state index in [1.54, 1.807) is 0 Å². The van der Waals surface area contributed by atoms with Crippen LogP contribution in [0.15, 0.2) is 28.7 Å². The first-order valence-corrected chi connectivity index (χ1v) is 8.56. The number of hydrogen-bond acceptors (Lipinski definition) is 2. The van der Waals surface area contributed by atoms with Gasteiger partial charge in [-0.05, 0) is 43.9 Å². The maximum atomic E-state index is 3.72. The highest BCUT2D eigenvalue weighted by Crippen LogP contribution is 2.21. The standard InChI is InChI=1S/C17H27BrN2/c1-13(2)10-16-12-20(14(3)8-9-19-16)11-15-6-4-5-7-17(15)18/h4-7,13-14,16,19H,8-12H2,1-3H3. The van der Waals surface area contributed by atoms with Crippen LogP contribution in [0.2, 0.25) is 0 Å². The first-order valence-electron chi connectivity index (χ1n) is 7.77. The zero-order valence-corrected chi connectivity index (χ0v) is 14.5. The molecule has 0 amide bonds. The van der Waals surface area contributed by atoms with Crippen LogP contribution >= 0.6 is 15.9 Å². The van der Waals surface area contributed by atoms with Crippen molar-refractivity contribution in [3.63, 3.8) is 0 Å². The topological polar surface area (TPSA) is 15.3 Å². The maximum absolute atomic E-state index is 3.72. The van der Waals surface area contributed by atoms with Gasteiger partial charge in [0.05, 0.1) is 0 Å². The van der Waals surface area contributed by atoms with Crippen molar-refractivity contribution in [1.82, 2.24) is 10.2 Å². The van der Waals surface area contributed by atoms with E-state index >= 15 is 0 Å². The fraction of sp³-hybridized carbons (Fsp3) is 0.647. The molecule has 1 N–H and O–H groups in total. The normalized spacial score (nSPS) is 24.9. The van der Waals surface area contributed by atoms with Crippen molar-refractivity contribution in [2.24, 2.45) is 5.92 Å². The maximum Gasteiger partial charge on any atom is 0.0248 e. The Morgan fingerprint density at radius 3 is 2.80 bits per heavy atom. The van der Waals surface area contributed by atoms with Crippen LogP contribution in [0.5, 0.6) is 0 Å². The molecule has 0 bridgehead atoms. The summed E-state index contributed by atoms with van der Waals surface area (Å²) in [5.41, 5.74) is 1.39. The van der Waals surface area contributed by atoms with Gasteiger partial charge < -0.3 is 5.32 Å². The molecule has 1 fully saturated rings. The molecular weight excluding hydrogens is 312 g/mol. The van der Waals surface area contributed by atoms with Gasteiger partial charge in [0.25, 0.3) is 0 Å². The molecule has 0 saturated carbocycles. The molecule has 112 valence electrons. The largest absolute Gasteiger partial charge is 0.313 e. The van der Waals surface area contributed by atoms with Crippen LogP contribution in [-0.4, -0.2) is 30.1 Å². The van der Waals surface area contributed by atoms with Crippen molar-refractivity contribution in [2.75, 3.05) is 13.1 Å². The van der Waals surface area contributed by atoms with E-state index in [2.05, 4.69) is 71.2 Å². The number of hydrogen-bond donors (Lipinski definition) is 1. The Morgan fingerprint density at radius 1 is 1.35 bits per heavy atom. The third kappa shape index (κ3) is 4.57. The van der Waals surface area contributed by atoms with E-state index < -0.39 is 0 Å². The van der Waals surface area contributed by atoms with Crippen molar-refractivity contribution in [2.45, 2.75) is 52.2 Å². The Bertz CT molecular complexity index is 419. The lowest BCUT2D eigenvalue weighted by Crippen LogP contribution is -2.40. The summed E-state index contributed by atoms with van der Waals surface area (Å²) in [5, 5.41) is 3.72. The van der Waals surface area contributed by atoms with E-state index in [-0.39, 0.29) is 0 Å². The molecule has 2 rings (SSSR count). The zero-order chi connectivity index (χ0) is 14.5. The fourth-order valence-corrected chi connectivity index (χ4v) is 3.41. The molecule has 1 heterocycles. The first-order chi connectivity index (χ1) is 9.56. The van der Waals surface area contributed by atoms with Gasteiger partial charge in [0.15, 0.2) is 0 Å². The van der Waals surface area contributed by atoms with E-state index in [4.69, 9.17) is 0 Å². The Morgan fingerprint density at radius 2 is 2.10 bits per heavy atom. The molecule has 2 unspecified atom stereocenters. The lowest BCUT2D eigenvalue weighted by molar-refractivity contribution is 0.189. The minimum Gasteiger partial charge on any atom is -0.313 e. The van der Waals surface area contributed by atoms with Crippen molar-refractivity contribution in [3.8, 4) is 0 Å². The predicted octanol–water partition coefficient (Wildman–Crippen LogP) is 4.05. The molecule has 1 aliphatic rings. The lowest BCUT2D eigenvalue weighted by Gasteiger charge is -2.30. The van der Waals surface area contributed by atoms with Gasteiger partial charge in [-0.1, -0.05) is 48.0 Å². The van der Waals surface area contributed by atoms with Crippen molar-refractivity contribution in [1.29, 1.82) is 0 Å². The fourth-order valence-electron chi connectivity index (χ4n) is 3.00. The number of nitrogens with zero attached hydrogens (tertiary/aromatic N) is 1. The molecule has 20 heavy (non-hydrogen) atoms. The van der Waals surface area contributed by atoms with E-state index in [0.29, 0.717) is 12.1 Å². The van der Waals surface area contributed by atoms with E-state index in [1.807, 2.05) is 0 Å². The van der Waals surface area contributed by atoms with E-state index in [0.717, 1.165) is 25.6 Å². The van der Waals surface area contributed by atoms with Crippen LogP contribution in [0.4, 0.5) is 0 Å². The van der Waals surface area contributed by atoms with Gasteiger partial charge in [-0.3, -0.25) is 4.90 Å². The van der Waals surface area contributed by atoms with Crippen LogP contribution in [0, 0.1) is 5.92 Å². The molecular formula is C17H27BrN2. The van der Waals surface area contributed by atoms with E-state index in [1.165, 1.54) is 22.9 Å². The first kappa shape index (κ1) is 16.0. The smallest absolute Gasteiger partial charge is 0.0248 e. The summed E-state index contributed by atoms with van der Waals surface area (Å²) in [7, 11) is 0. The lowest BCUT2D eigenvalue weighted by atomic mass is 10.0. The highest BCUT2D eigenvalue weighted by molar-refractivity contribution is 9.10. The monoisotopic (exact) mass is 338 g/mol. The van der Waals surface area contributed by atoms with Crippen LogP contribution in [0.3, 0.4) is 0 Å². The highest BCUT2D eigenvalue weighted by atomic mass is 79.9. The van der Waals surface area contributed by atoms with Crippen LogP contribution < -0.4 is 5.32 Å². The van der Waals surface area contributed by atoms with Crippen LogP contribution in [-0.2, 0) is 6.54 Å². The molecule has 1 saturated heterocycles. The highest BCUT2D eigenvalue weighted by Gasteiger charge is 2.23. The van der Waals surface area contributed by atoms with Crippen molar-refractivity contribution >= 4 is 15.9 Å². The minimum atomic E-state index is 0.627. The number of nitrogens with one attached hydrogen (secondary N) is 1. The molecule has 1 aromatic carbocycles. The van der Waals surface area contributed by atoms with Crippen molar-refractivity contribution in [3.05, 3.63) is 34.3 Å². The Kier molecular flexibility index (Phi) is 6.06. The number of benzene rings is 1. The molecule has 1 aliphatic heterocycles. The summed E-state index contributed by atoms with van der Waals surface area (Å²) in [4.78, 5) is 2.63. The van der Waals surface area contributed by atoms with Gasteiger partial charge >= 0.3 is 0 Å². The predicted molar refractivity (Wildman–Crippen MR) is 89.9 cm³/mol. The van der Waals surface area contributed by atoms with Gasteiger partial charge in [0, 0.05) is 29.6 Å². The summed E-state index contributed by atoms with van der Waals surface area (Å²) < 4.78 is 1.23. The van der Waals surface area contributed by atoms with Crippen LogP contribution in [0.25, 0.3) is 0 Å². The summed E-state index contributed by atoms with van der Waals surface area (Å²) in [6.45, 7) is 10.3. The Labute approximate surface area is 132 Å².